The maximum atomic E-state index is 11.2. The van der Waals surface area contributed by atoms with Gasteiger partial charge in [0.2, 0.25) is 5.12 Å². The fourth-order valence-electron chi connectivity index (χ4n) is 0.696. The van der Waals surface area contributed by atoms with Crippen molar-refractivity contribution in [3.8, 4) is 0 Å². The number of aliphatic hydroxyl groups is 1. The number of hydrogen-bond donors (Lipinski definition) is 1. The quantitative estimate of drug-likeness (QED) is 0.539. The molecule has 0 aliphatic heterocycles. The Morgan fingerprint density at radius 1 is 1.58 bits per heavy atom. The molecule has 3 heteroatoms. The molecule has 0 aromatic heterocycles. The minimum atomic E-state index is -0.693. The van der Waals surface area contributed by atoms with E-state index < -0.39 is 6.10 Å². The summed E-state index contributed by atoms with van der Waals surface area (Å²) in [4.78, 5) is 11.2. The van der Waals surface area contributed by atoms with Gasteiger partial charge >= 0.3 is 0 Å². The van der Waals surface area contributed by atoms with Gasteiger partial charge in [0.05, 0.1) is 6.10 Å². The van der Waals surface area contributed by atoms with Gasteiger partial charge in [-0.1, -0.05) is 30.0 Å². The van der Waals surface area contributed by atoms with Crippen LogP contribution in [0.3, 0.4) is 0 Å². The van der Waals surface area contributed by atoms with Gasteiger partial charge in [0.25, 0.3) is 0 Å². The molecule has 0 aromatic carbocycles. The monoisotopic (exact) mass is 186 g/mol. The third-order valence-electron chi connectivity index (χ3n) is 1.34. The maximum absolute atomic E-state index is 11.2. The summed E-state index contributed by atoms with van der Waals surface area (Å²) in [5, 5.41) is 9.12. The van der Waals surface area contributed by atoms with Gasteiger partial charge in [-0.2, -0.15) is 0 Å². The van der Waals surface area contributed by atoms with E-state index in [4.69, 9.17) is 0 Å². The topological polar surface area (TPSA) is 37.3 Å². The molecule has 0 fully saturated rings. The van der Waals surface area contributed by atoms with Crippen LogP contribution in [0.2, 0.25) is 0 Å². The molecule has 12 heavy (non-hydrogen) atoms. The van der Waals surface area contributed by atoms with Crippen LogP contribution in [0.1, 0.15) is 13.8 Å². The fourth-order valence-corrected chi connectivity index (χ4v) is 1.17. The number of carbonyl (C=O) groups excluding carboxylic acids is 1. The third kappa shape index (κ3) is 3.74. The smallest absolute Gasteiger partial charge is 0.217 e. The summed E-state index contributed by atoms with van der Waals surface area (Å²) in [5.74, 6) is 0. The highest BCUT2D eigenvalue weighted by molar-refractivity contribution is 8.13. The van der Waals surface area contributed by atoms with E-state index in [1.807, 2.05) is 13.0 Å². The van der Waals surface area contributed by atoms with Gasteiger partial charge in [-0.15, -0.1) is 0 Å². The summed E-state index contributed by atoms with van der Waals surface area (Å²) in [6, 6.07) is 0. The third-order valence-corrected chi connectivity index (χ3v) is 1.95. The number of hydrogen-bond acceptors (Lipinski definition) is 3. The first-order chi connectivity index (χ1) is 5.63. The van der Waals surface area contributed by atoms with E-state index in [1.165, 1.54) is 0 Å². The molecule has 0 aliphatic rings. The summed E-state index contributed by atoms with van der Waals surface area (Å²) in [6.45, 7) is 3.45. The van der Waals surface area contributed by atoms with Crippen molar-refractivity contribution in [2.45, 2.75) is 20.0 Å². The molecule has 0 bridgehead atoms. The normalized spacial score (nSPS) is 15.2. The molecule has 0 aromatic rings. The minimum Gasteiger partial charge on any atom is -0.389 e. The Labute approximate surface area is 77.4 Å². The molecule has 1 N–H and O–H groups in total. The van der Waals surface area contributed by atoms with Gasteiger partial charge in [0, 0.05) is 5.57 Å². The molecule has 2 nitrogen and oxygen atoms in total. The Morgan fingerprint density at radius 3 is 2.50 bits per heavy atom. The van der Waals surface area contributed by atoms with Crippen molar-refractivity contribution in [1.82, 2.24) is 0 Å². The molecule has 1 unspecified atom stereocenters. The lowest BCUT2D eigenvalue weighted by Crippen LogP contribution is -2.11. The van der Waals surface area contributed by atoms with Gasteiger partial charge < -0.3 is 5.11 Å². The van der Waals surface area contributed by atoms with Gasteiger partial charge in [-0.3, -0.25) is 4.79 Å². The average molecular weight is 186 g/mol. The van der Waals surface area contributed by atoms with Crippen LogP contribution in [-0.4, -0.2) is 22.6 Å². The first-order valence-corrected chi connectivity index (χ1v) is 4.95. The molecule has 0 spiro atoms. The maximum Gasteiger partial charge on any atom is 0.217 e. The molecule has 0 amide bonds. The first kappa shape index (κ1) is 11.5. The van der Waals surface area contributed by atoms with Crippen LogP contribution < -0.4 is 0 Å². The number of aliphatic hydroxyl groups excluding tert-OH is 1. The second kappa shape index (κ2) is 6.03. The summed E-state index contributed by atoms with van der Waals surface area (Å²) in [7, 11) is 0. The van der Waals surface area contributed by atoms with Crippen molar-refractivity contribution < 1.29 is 9.90 Å². The molecular formula is C9H14O2S. The summed E-state index contributed by atoms with van der Waals surface area (Å²) >= 11 is 1.11. The Morgan fingerprint density at radius 2 is 2.17 bits per heavy atom. The largest absolute Gasteiger partial charge is 0.389 e. The number of thioether (sulfide) groups is 1. The number of rotatable bonds is 3. The molecule has 0 heterocycles. The zero-order valence-corrected chi connectivity index (χ0v) is 8.39. The lowest BCUT2D eigenvalue weighted by molar-refractivity contribution is -0.108. The van der Waals surface area contributed by atoms with E-state index in [0.717, 1.165) is 11.8 Å². The minimum absolute atomic E-state index is 0.0805. The van der Waals surface area contributed by atoms with E-state index in [9.17, 15) is 9.90 Å². The number of allylic oxidation sites excluding steroid dienone is 3. The highest BCUT2D eigenvalue weighted by Crippen LogP contribution is 2.11. The van der Waals surface area contributed by atoms with Crippen molar-refractivity contribution in [3.63, 3.8) is 0 Å². The zero-order chi connectivity index (χ0) is 9.56. The van der Waals surface area contributed by atoms with Gasteiger partial charge in [-0.05, 0) is 20.1 Å². The molecule has 0 saturated carbocycles. The highest BCUT2D eigenvalue weighted by atomic mass is 32.2. The lowest BCUT2D eigenvalue weighted by Gasteiger charge is -2.05. The second-order valence-electron chi connectivity index (χ2n) is 2.32. The summed E-state index contributed by atoms with van der Waals surface area (Å²) in [5.41, 5.74) is 0.445. The fraction of sp³-hybridized carbons (Fsp3) is 0.444. The van der Waals surface area contributed by atoms with Crippen molar-refractivity contribution in [3.05, 3.63) is 23.8 Å². The van der Waals surface area contributed by atoms with Crippen LogP contribution in [0.5, 0.6) is 0 Å². The molecule has 0 saturated heterocycles. The van der Waals surface area contributed by atoms with Crippen molar-refractivity contribution in [2.24, 2.45) is 0 Å². The predicted octanol–water partition coefficient (Wildman–Crippen LogP) is 1.76. The Kier molecular flexibility index (Phi) is 5.76. The van der Waals surface area contributed by atoms with Crippen LogP contribution >= 0.6 is 11.8 Å². The number of carbonyl (C=O) groups is 1. The Balaban J connectivity index is 4.54. The average Bonchev–Trinajstić information content (AvgIpc) is 2.04. The molecule has 1 atom stereocenters. The zero-order valence-electron chi connectivity index (χ0n) is 7.57. The van der Waals surface area contributed by atoms with E-state index in [1.54, 1.807) is 25.3 Å². The van der Waals surface area contributed by atoms with Crippen LogP contribution in [-0.2, 0) is 4.79 Å². The van der Waals surface area contributed by atoms with E-state index in [0.29, 0.717) is 5.57 Å². The van der Waals surface area contributed by atoms with Gasteiger partial charge in [0.15, 0.2) is 0 Å². The Hall–Kier alpha value is -0.540. The van der Waals surface area contributed by atoms with Crippen molar-refractivity contribution >= 4 is 16.9 Å². The molecular weight excluding hydrogens is 172 g/mol. The lowest BCUT2D eigenvalue weighted by atomic mass is 10.1. The van der Waals surface area contributed by atoms with Crippen LogP contribution in [0.15, 0.2) is 23.8 Å². The second-order valence-corrected chi connectivity index (χ2v) is 3.09. The SMILES string of the molecule is CC=CC=C(C(=O)SC)C(C)O. The van der Waals surface area contributed by atoms with Crippen LogP contribution in [0.25, 0.3) is 0 Å². The highest BCUT2D eigenvalue weighted by Gasteiger charge is 2.11. The molecule has 68 valence electrons. The summed E-state index contributed by atoms with van der Waals surface area (Å²) in [6.07, 6.45) is 6.21. The van der Waals surface area contributed by atoms with Gasteiger partial charge in [-0.25, -0.2) is 0 Å². The first-order valence-electron chi connectivity index (χ1n) is 3.72. The van der Waals surface area contributed by atoms with E-state index in [-0.39, 0.29) is 5.12 Å². The Bertz CT molecular complexity index is 205. The van der Waals surface area contributed by atoms with Gasteiger partial charge in [0.1, 0.15) is 0 Å². The summed E-state index contributed by atoms with van der Waals surface area (Å²) < 4.78 is 0. The molecule has 0 aliphatic carbocycles. The predicted molar refractivity (Wildman–Crippen MR) is 53.1 cm³/mol. The molecule has 0 rings (SSSR count). The van der Waals surface area contributed by atoms with Crippen LogP contribution in [0, 0.1) is 0 Å². The van der Waals surface area contributed by atoms with E-state index in [2.05, 4.69) is 0 Å². The van der Waals surface area contributed by atoms with Crippen molar-refractivity contribution in [2.75, 3.05) is 6.26 Å². The van der Waals surface area contributed by atoms with E-state index >= 15 is 0 Å². The van der Waals surface area contributed by atoms with Crippen LogP contribution in [0.4, 0.5) is 0 Å². The van der Waals surface area contributed by atoms with Crippen molar-refractivity contribution in [1.29, 1.82) is 0 Å². The standard InChI is InChI=1S/C9H14O2S/c1-4-5-6-8(7(2)10)9(11)12-3/h4-7,10H,1-3H3. The molecule has 0 radical (unpaired) electrons.